The van der Waals surface area contributed by atoms with Gasteiger partial charge in [0.2, 0.25) is 5.39 Å². The lowest BCUT2D eigenvalue weighted by Crippen LogP contribution is -2.02. The summed E-state index contributed by atoms with van der Waals surface area (Å²) in [5, 5.41) is 12.4. The van der Waals surface area contributed by atoms with E-state index < -0.39 is 0 Å². The number of benzene rings is 2. The van der Waals surface area contributed by atoms with Crippen molar-refractivity contribution in [3.8, 4) is 0 Å². The van der Waals surface area contributed by atoms with Crippen LogP contribution in [-0.2, 0) is 13.0 Å². The third-order valence-electron chi connectivity index (χ3n) is 2.93. The Morgan fingerprint density at radius 1 is 1.06 bits per heavy atom. The molecule has 0 bridgehead atoms. The van der Waals surface area contributed by atoms with Gasteiger partial charge in [0.25, 0.3) is 0 Å². The Hall–Kier alpha value is -2.34. The summed E-state index contributed by atoms with van der Waals surface area (Å²) in [5.41, 5.74) is 3.85. The van der Waals surface area contributed by atoms with Gasteiger partial charge in [-0.05, 0) is 17.5 Å². The number of nitrogens with zero attached hydrogens (tertiary/aromatic N) is 2. The summed E-state index contributed by atoms with van der Waals surface area (Å²) in [4.78, 5) is 3.33. The molecule has 90 valence electrons. The summed E-state index contributed by atoms with van der Waals surface area (Å²) in [5.74, 6) is 0. The van der Waals surface area contributed by atoms with Gasteiger partial charge in [0.05, 0.1) is 0 Å². The molecule has 3 nitrogen and oxygen atoms in total. The van der Waals surface area contributed by atoms with E-state index in [4.69, 9.17) is 5.39 Å². The van der Waals surface area contributed by atoms with E-state index in [0.29, 0.717) is 5.69 Å². The van der Waals surface area contributed by atoms with Gasteiger partial charge in [0.15, 0.2) is 4.98 Å². The van der Waals surface area contributed by atoms with Gasteiger partial charge in [-0.3, -0.25) is 0 Å². The number of aryl methyl sites for hydroxylation is 1. The second kappa shape index (κ2) is 5.83. The number of hydrogen-bond donors (Lipinski definition) is 1. The molecule has 2 aromatic rings. The van der Waals surface area contributed by atoms with Gasteiger partial charge >= 0.3 is 5.69 Å². The standard InChI is InChI=1S/C15H16N3/c1-2-13-9-6-10-14(18-16)15(13)17-11-12-7-4-3-5-8-12/h3-10,17H,2,11H2,1H3/q+1. The molecule has 0 heterocycles. The average Bonchev–Trinajstić information content (AvgIpc) is 2.45. The van der Waals surface area contributed by atoms with Gasteiger partial charge in [0, 0.05) is 12.6 Å². The molecule has 0 aliphatic carbocycles. The summed E-state index contributed by atoms with van der Waals surface area (Å²) in [6.45, 7) is 2.81. The Kier molecular flexibility index (Phi) is 3.93. The lowest BCUT2D eigenvalue weighted by atomic mass is 10.1. The largest absolute Gasteiger partial charge is 0.408 e. The van der Waals surface area contributed by atoms with Crippen molar-refractivity contribution in [2.75, 3.05) is 5.32 Å². The summed E-state index contributed by atoms with van der Waals surface area (Å²) < 4.78 is 0. The van der Waals surface area contributed by atoms with Crippen LogP contribution in [0, 0.1) is 5.39 Å². The molecule has 18 heavy (non-hydrogen) atoms. The maximum Gasteiger partial charge on any atom is 0.408 e. The Morgan fingerprint density at radius 2 is 1.83 bits per heavy atom. The van der Waals surface area contributed by atoms with Gasteiger partial charge in [-0.15, -0.1) is 0 Å². The van der Waals surface area contributed by atoms with Crippen LogP contribution in [-0.4, -0.2) is 0 Å². The van der Waals surface area contributed by atoms with Crippen molar-refractivity contribution < 1.29 is 0 Å². The summed E-state index contributed by atoms with van der Waals surface area (Å²) >= 11 is 0. The first-order valence-electron chi connectivity index (χ1n) is 6.10. The Morgan fingerprint density at radius 3 is 2.50 bits per heavy atom. The van der Waals surface area contributed by atoms with Crippen molar-refractivity contribution in [1.82, 2.24) is 0 Å². The van der Waals surface area contributed by atoms with Crippen molar-refractivity contribution >= 4 is 11.4 Å². The zero-order valence-corrected chi connectivity index (χ0v) is 10.4. The molecular formula is C15H16N3+. The van der Waals surface area contributed by atoms with E-state index in [1.165, 1.54) is 5.56 Å². The summed E-state index contributed by atoms with van der Waals surface area (Å²) in [6.07, 6.45) is 0.903. The minimum atomic E-state index is 0.588. The van der Waals surface area contributed by atoms with E-state index in [1.54, 1.807) is 6.07 Å². The van der Waals surface area contributed by atoms with Gasteiger partial charge in [-0.25, -0.2) is 0 Å². The monoisotopic (exact) mass is 238 g/mol. The van der Waals surface area contributed by atoms with Gasteiger partial charge in [0.1, 0.15) is 5.69 Å². The number of para-hydroxylation sites is 1. The lowest BCUT2D eigenvalue weighted by molar-refractivity contribution is 1.09. The van der Waals surface area contributed by atoms with E-state index in [9.17, 15) is 0 Å². The minimum absolute atomic E-state index is 0.588. The topological polar surface area (TPSA) is 40.2 Å². The number of diazo groups is 1. The van der Waals surface area contributed by atoms with E-state index in [2.05, 4.69) is 29.3 Å². The molecule has 0 radical (unpaired) electrons. The molecule has 0 aliphatic rings. The lowest BCUT2D eigenvalue weighted by Gasteiger charge is -2.08. The maximum absolute atomic E-state index is 9.02. The highest BCUT2D eigenvalue weighted by molar-refractivity contribution is 5.73. The van der Waals surface area contributed by atoms with Crippen molar-refractivity contribution in [1.29, 1.82) is 5.39 Å². The summed E-state index contributed by atoms with van der Waals surface area (Å²) in [6, 6.07) is 15.9. The molecule has 1 N–H and O–H groups in total. The van der Waals surface area contributed by atoms with Gasteiger partial charge < -0.3 is 5.32 Å². The molecule has 3 heteroatoms. The van der Waals surface area contributed by atoms with E-state index in [0.717, 1.165) is 24.2 Å². The molecule has 0 aliphatic heterocycles. The maximum atomic E-state index is 9.02. The highest BCUT2D eigenvalue weighted by Gasteiger charge is 2.16. The summed E-state index contributed by atoms with van der Waals surface area (Å²) in [7, 11) is 0. The second-order valence-corrected chi connectivity index (χ2v) is 4.10. The first kappa shape index (κ1) is 12.1. The first-order chi connectivity index (χ1) is 8.85. The molecule has 0 aromatic heterocycles. The number of hydrogen-bond acceptors (Lipinski definition) is 2. The molecule has 0 saturated heterocycles. The second-order valence-electron chi connectivity index (χ2n) is 4.10. The van der Waals surface area contributed by atoms with E-state index >= 15 is 0 Å². The highest BCUT2D eigenvalue weighted by atomic mass is 14.9. The van der Waals surface area contributed by atoms with Crippen LogP contribution in [0.2, 0.25) is 0 Å². The highest BCUT2D eigenvalue weighted by Crippen LogP contribution is 2.29. The predicted molar refractivity (Wildman–Crippen MR) is 74.3 cm³/mol. The Balaban J connectivity index is 2.21. The van der Waals surface area contributed by atoms with Crippen molar-refractivity contribution in [2.45, 2.75) is 19.9 Å². The van der Waals surface area contributed by atoms with Crippen LogP contribution in [0.3, 0.4) is 0 Å². The number of rotatable bonds is 4. The molecule has 0 atom stereocenters. The van der Waals surface area contributed by atoms with Crippen molar-refractivity contribution in [2.24, 2.45) is 0 Å². The van der Waals surface area contributed by atoms with Crippen LogP contribution in [0.15, 0.2) is 48.5 Å². The number of anilines is 1. The van der Waals surface area contributed by atoms with Gasteiger partial charge in [-0.2, -0.15) is 0 Å². The quantitative estimate of drug-likeness (QED) is 0.804. The Bertz CT molecular complexity index is 556. The molecule has 0 saturated carbocycles. The fourth-order valence-corrected chi connectivity index (χ4v) is 1.95. The average molecular weight is 238 g/mol. The molecular weight excluding hydrogens is 222 g/mol. The van der Waals surface area contributed by atoms with E-state index in [-0.39, 0.29) is 0 Å². The molecule has 0 unspecified atom stereocenters. The third kappa shape index (κ3) is 2.67. The normalized spacial score (nSPS) is 9.78. The fraction of sp³-hybridized carbons (Fsp3) is 0.200. The van der Waals surface area contributed by atoms with E-state index in [1.807, 2.05) is 30.3 Å². The Labute approximate surface area is 107 Å². The minimum Gasteiger partial charge on any atom is -0.374 e. The number of nitrogens with one attached hydrogen (secondary N) is 1. The predicted octanol–water partition coefficient (Wildman–Crippen LogP) is 4.35. The molecule has 0 spiro atoms. The molecule has 0 fully saturated rings. The van der Waals surface area contributed by atoms with Crippen LogP contribution in [0.25, 0.3) is 4.98 Å². The molecule has 0 amide bonds. The molecule has 2 rings (SSSR count). The van der Waals surface area contributed by atoms with Crippen LogP contribution < -0.4 is 5.32 Å². The SMILES string of the molecule is CCc1cccc([N+]#N)c1NCc1ccccc1. The third-order valence-corrected chi connectivity index (χ3v) is 2.93. The first-order valence-corrected chi connectivity index (χ1v) is 6.10. The zero-order valence-electron chi connectivity index (χ0n) is 10.4. The van der Waals surface area contributed by atoms with Crippen molar-refractivity contribution in [3.63, 3.8) is 0 Å². The van der Waals surface area contributed by atoms with Crippen LogP contribution in [0.4, 0.5) is 11.4 Å². The van der Waals surface area contributed by atoms with Crippen LogP contribution in [0.1, 0.15) is 18.1 Å². The zero-order chi connectivity index (χ0) is 12.8. The van der Waals surface area contributed by atoms with Gasteiger partial charge in [-0.1, -0.05) is 49.4 Å². The van der Waals surface area contributed by atoms with Crippen molar-refractivity contribution in [3.05, 3.63) is 64.6 Å². The fourth-order valence-electron chi connectivity index (χ4n) is 1.95. The molecule has 2 aromatic carbocycles. The van der Waals surface area contributed by atoms with Crippen LogP contribution >= 0.6 is 0 Å². The smallest absolute Gasteiger partial charge is 0.374 e. The van der Waals surface area contributed by atoms with Crippen LogP contribution in [0.5, 0.6) is 0 Å².